The Hall–Kier alpha value is -4.06. The fourth-order valence-electron chi connectivity index (χ4n) is 4.22. The number of anilines is 1. The molecular formula is C28H24F6N2O4. The van der Waals surface area contributed by atoms with Gasteiger partial charge in [-0.05, 0) is 59.2 Å². The Bertz CT molecular complexity index is 1330. The van der Waals surface area contributed by atoms with Crippen molar-refractivity contribution in [3.05, 3.63) is 89.0 Å². The molecule has 0 saturated carbocycles. The van der Waals surface area contributed by atoms with E-state index in [2.05, 4.69) is 0 Å². The molecule has 0 bridgehead atoms. The maximum atomic E-state index is 13.6. The van der Waals surface area contributed by atoms with Gasteiger partial charge in [-0.25, -0.2) is 9.59 Å². The van der Waals surface area contributed by atoms with E-state index >= 15 is 0 Å². The molecule has 0 N–H and O–H groups in total. The van der Waals surface area contributed by atoms with Crippen LogP contribution >= 0.6 is 0 Å². The molecule has 0 spiro atoms. The summed E-state index contributed by atoms with van der Waals surface area (Å²) in [7, 11) is 1.24. The molecule has 4 rings (SSSR count). The van der Waals surface area contributed by atoms with Gasteiger partial charge < -0.3 is 14.4 Å². The van der Waals surface area contributed by atoms with Crippen molar-refractivity contribution < 1.29 is 45.4 Å². The molecule has 212 valence electrons. The quantitative estimate of drug-likeness (QED) is 0.257. The summed E-state index contributed by atoms with van der Waals surface area (Å²) in [6.45, 7) is 1.25. The van der Waals surface area contributed by atoms with Crippen LogP contribution in [-0.2, 0) is 28.4 Å². The summed E-state index contributed by atoms with van der Waals surface area (Å²) < 4.78 is 90.7. The highest BCUT2D eigenvalue weighted by atomic mass is 19.4. The highest BCUT2D eigenvalue weighted by Crippen LogP contribution is 2.39. The predicted molar refractivity (Wildman–Crippen MR) is 134 cm³/mol. The topological polar surface area (TPSA) is 59.1 Å². The van der Waals surface area contributed by atoms with Crippen molar-refractivity contribution in [3.63, 3.8) is 0 Å². The van der Waals surface area contributed by atoms with Gasteiger partial charge in [0.15, 0.2) is 0 Å². The smallest absolute Gasteiger partial charge is 0.416 e. The van der Waals surface area contributed by atoms with Gasteiger partial charge in [0.05, 0.1) is 43.6 Å². The van der Waals surface area contributed by atoms with Crippen molar-refractivity contribution in [2.45, 2.75) is 18.9 Å². The molecular weight excluding hydrogens is 542 g/mol. The summed E-state index contributed by atoms with van der Waals surface area (Å²) in [5.41, 5.74) is -1.93. The normalized spacial score (nSPS) is 14.1. The number of benzene rings is 3. The number of ether oxygens (including phenoxy) is 2. The van der Waals surface area contributed by atoms with E-state index in [0.29, 0.717) is 49.6 Å². The van der Waals surface area contributed by atoms with Gasteiger partial charge in [-0.3, -0.25) is 4.90 Å². The molecule has 2 amide bonds. The number of rotatable bonds is 5. The van der Waals surface area contributed by atoms with E-state index in [4.69, 9.17) is 9.47 Å². The first-order valence-corrected chi connectivity index (χ1v) is 12.1. The van der Waals surface area contributed by atoms with Crippen molar-refractivity contribution in [2.24, 2.45) is 0 Å². The van der Waals surface area contributed by atoms with Crippen molar-refractivity contribution in [3.8, 4) is 11.1 Å². The minimum Gasteiger partial charge on any atom is -0.465 e. The number of methoxy groups -OCH3 is 1. The van der Waals surface area contributed by atoms with Gasteiger partial charge in [-0.1, -0.05) is 24.3 Å². The third-order valence-electron chi connectivity index (χ3n) is 6.31. The Kier molecular flexibility index (Phi) is 8.38. The molecule has 40 heavy (non-hydrogen) atoms. The van der Waals surface area contributed by atoms with Crippen LogP contribution in [0.2, 0.25) is 0 Å². The van der Waals surface area contributed by atoms with Crippen LogP contribution in [0.1, 0.15) is 27.0 Å². The summed E-state index contributed by atoms with van der Waals surface area (Å²) in [6, 6.07) is 13.0. The Balaban J connectivity index is 1.75. The number of urea groups is 1. The highest BCUT2D eigenvalue weighted by Gasteiger charge is 2.37. The second kappa shape index (κ2) is 11.6. The molecule has 6 nitrogen and oxygen atoms in total. The van der Waals surface area contributed by atoms with Crippen LogP contribution in [0.15, 0.2) is 66.7 Å². The van der Waals surface area contributed by atoms with Gasteiger partial charge in [0.25, 0.3) is 0 Å². The average Bonchev–Trinajstić information content (AvgIpc) is 2.95. The fraction of sp³-hybridized carbons (Fsp3) is 0.286. The molecule has 1 aliphatic heterocycles. The van der Waals surface area contributed by atoms with Gasteiger partial charge in [-0.15, -0.1) is 0 Å². The zero-order chi connectivity index (χ0) is 29.1. The average molecular weight is 566 g/mol. The molecule has 1 fully saturated rings. The van der Waals surface area contributed by atoms with Gasteiger partial charge in [-0.2, -0.15) is 26.3 Å². The lowest BCUT2D eigenvalue weighted by atomic mass is 9.98. The number of alkyl halides is 6. The van der Waals surface area contributed by atoms with Crippen LogP contribution in [0.3, 0.4) is 0 Å². The number of esters is 1. The number of hydrogen-bond donors (Lipinski definition) is 0. The van der Waals surface area contributed by atoms with E-state index in [1.165, 1.54) is 42.3 Å². The largest absolute Gasteiger partial charge is 0.465 e. The zero-order valence-corrected chi connectivity index (χ0v) is 21.2. The summed E-state index contributed by atoms with van der Waals surface area (Å²) in [5.74, 6) is -0.542. The van der Waals surface area contributed by atoms with Crippen molar-refractivity contribution in [2.75, 3.05) is 38.3 Å². The molecule has 0 unspecified atom stereocenters. The Morgan fingerprint density at radius 1 is 0.850 bits per heavy atom. The summed E-state index contributed by atoms with van der Waals surface area (Å²) in [6.07, 6.45) is -10.00. The first-order valence-electron chi connectivity index (χ1n) is 12.1. The second-order valence-electron chi connectivity index (χ2n) is 9.00. The van der Waals surface area contributed by atoms with Gasteiger partial charge in [0, 0.05) is 18.8 Å². The molecule has 1 aliphatic rings. The molecule has 0 aromatic heterocycles. The maximum absolute atomic E-state index is 13.6. The molecule has 3 aromatic rings. The van der Waals surface area contributed by atoms with Gasteiger partial charge in [0.2, 0.25) is 0 Å². The van der Waals surface area contributed by atoms with E-state index in [9.17, 15) is 35.9 Å². The lowest BCUT2D eigenvalue weighted by Crippen LogP contribution is -2.48. The minimum absolute atomic E-state index is 0.0114. The van der Waals surface area contributed by atoms with Gasteiger partial charge in [0.1, 0.15) is 0 Å². The number of nitrogens with zero attached hydrogens (tertiary/aromatic N) is 2. The Morgan fingerprint density at radius 3 is 2.00 bits per heavy atom. The lowest BCUT2D eigenvalue weighted by molar-refractivity contribution is -0.143. The molecule has 0 radical (unpaired) electrons. The molecule has 3 aromatic carbocycles. The Morgan fingerprint density at radius 2 is 1.45 bits per heavy atom. The number of carbonyl (C=O) groups excluding carboxylic acids is 2. The van der Waals surface area contributed by atoms with Crippen molar-refractivity contribution >= 4 is 17.7 Å². The fourth-order valence-corrected chi connectivity index (χ4v) is 4.22. The standard InChI is InChI=1S/C28H24F6N2O4/c1-39-25(37)19-7-5-18(6-8-19)17-36(26(38)35-9-11-40-12-10-35)24-4-2-3-20(15-24)21-13-22(27(29,30)31)16-23(14-21)28(32,33)34/h2-8,13-16H,9-12,17H2,1H3. The first kappa shape index (κ1) is 28.9. The van der Waals surface area contributed by atoms with E-state index < -0.39 is 35.5 Å². The molecule has 12 heteroatoms. The molecule has 0 aliphatic carbocycles. The van der Waals surface area contributed by atoms with Crippen LogP contribution in [0.4, 0.5) is 36.8 Å². The van der Waals surface area contributed by atoms with E-state index in [1.54, 1.807) is 23.1 Å². The maximum Gasteiger partial charge on any atom is 0.416 e. The van der Waals surface area contributed by atoms with Crippen LogP contribution in [-0.4, -0.2) is 50.3 Å². The van der Waals surface area contributed by atoms with Crippen LogP contribution in [0.5, 0.6) is 0 Å². The number of hydrogen-bond acceptors (Lipinski definition) is 4. The minimum atomic E-state index is -5.00. The summed E-state index contributed by atoms with van der Waals surface area (Å²) >= 11 is 0. The SMILES string of the molecule is COC(=O)c1ccc(CN(C(=O)N2CCOCC2)c2cccc(-c3cc(C(F)(F)F)cc(C(F)(F)F)c3)c2)cc1. The monoisotopic (exact) mass is 566 g/mol. The van der Waals surface area contributed by atoms with Crippen LogP contribution in [0.25, 0.3) is 11.1 Å². The second-order valence-corrected chi connectivity index (χ2v) is 9.00. The summed E-state index contributed by atoms with van der Waals surface area (Å²) in [5, 5.41) is 0. The zero-order valence-electron chi connectivity index (χ0n) is 21.2. The van der Waals surface area contributed by atoms with Crippen LogP contribution < -0.4 is 4.90 Å². The van der Waals surface area contributed by atoms with E-state index in [-0.39, 0.29) is 29.4 Å². The number of amides is 2. The van der Waals surface area contributed by atoms with Crippen LogP contribution in [0, 0.1) is 0 Å². The first-order chi connectivity index (χ1) is 18.9. The number of carbonyl (C=O) groups is 2. The Labute approximate surface area is 225 Å². The lowest BCUT2D eigenvalue weighted by Gasteiger charge is -2.33. The molecule has 1 saturated heterocycles. The number of halogens is 6. The third-order valence-corrected chi connectivity index (χ3v) is 6.31. The number of morpholine rings is 1. The van der Waals surface area contributed by atoms with E-state index in [0.717, 1.165) is 0 Å². The molecule has 1 heterocycles. The van der Waals surface area contributed by atoms with Gasteiger partial charge >= 0.3 is 24.4 Å². The van der Waals surface area contributed by atoms with E-state index in [1.807, 2.05) is 0 Å². The predicted octanol–water partition coefficient (Wildman–Crippen LogP) is 6.64. The summed E-state index contributed by atoms with van der Waals surface area (Å²) in [4.78, 5) is 28.3. The molecule has 0 atom stereocenters. The van der Waals surface area contributed by atoms with Crippen molar-refractivity contribution in [1.82, 2.24) is 4.90 Å². The highest BCUT2D eigenvalue weighted by molar-refractivity contribution is 5.93. The third kappa shape index (κ3) is 6.74. The van der Waals surface area contributed by atoms with Crippen molar-refractivity contribution in [1.29, 1.82) is 0 Å².